The molecule has 2 saturated carbocycles. The fourth-order valence-corrected chi connectivity index (χ4v) is 13.2. The molecular formula is C90H95N7O8S. The molecule has 15 rings (SSSR count). The Morgan fingerprint density at radius 1 is 0.613 bits per heavy atom. The van der Waals surface area contributed by atoms with Gasteiger partial charge in [-0.3, -0.25) is 14.6 Å². The van der Waals surface area contributed by atoms with Crippen molar-refractivity contribution in [1.82, 2.24) is 29.9 Å². The number of carbonyl (C=O) groups excluding carboxylic acids is 2. The van der Waals surface area contributed by atoms with Crippen molar-refractivity contribution < 1.29 is 37.7 Å². The van der Waals surface area contributed by atoms with Crippen molar-refractivity contribution in [3.63, 3.8) is 0 Å². The molecule has 0 amide bonds. The summed E-state index contributed by atoms with van der Waals surface area (Å²) in [6.45, 7) is 29.6. The smallest absolute Gasteiger partial charge is 0.291 e. The van der Waals surface area contributed by atoms with Crippen molar-refractivity contribution in [2.75, 3.05) is 13.4 Å². The number of aromatic hydroxyl groups is 2. The lowest BCUT2D eigenvalue weighted by atomic mass is 9.70. The molecule has 0 radical (unpaired) electrons. The zero-order valence-electron chi connectivity index (χ0n) is 62.7. The highest BCUT2D eigenvalue weighted by molar-refractivity contribution is 7.90. The van der Waals surface area contributed by atoms with E-state index in [0.29, 0.717) is 34.5 Å². The summed E-state index contributed by atoms with van der Waals surface area (Å²) in [7, 11) is -1.73. The van der Waals surface area contributed by atoms with Gasteiger partial charge in [0.05, 0.1) is 56.7 Å². The van der Waals surface area contributed by atoms with Gasteiger partial charge in [0.15, 0.2) is 38.6 Å². The number of carbonyl (C=O) groups is 2. The molecule has 0 saturated heterocycles. The number of hydrogen-bond donors (Lipinski definition) is 4. The fourth-order valence-electron chi connectivity index (χ4n) is 12.6. The second kappa shape index (κ2) is 37.6. The number of nitrogens with zero attached hydrogens (tertiary/aromatic N) is 5. The van der Waals surface area contributed by atoms with Crippen LogP contribution in [0, 0.1) is 37.2 Å². The minimum Gasteiger partial charge on any atom is -0.504 e. The number of allylic oxidation sites excluding steroid dienone is 1. The van der Waals surface area contributed by atoms with Gasteiger partial charge in [-0.05, 0) is 157 Å². The lowest BCUT2D eigenvalue weighted by molar-refractivity contribution is -0.125. The Kier molecular flexibility index (Phi) is 28.3. The van der Waals surface area contributed by atoms with Crippen molar-refractivity contribution in [3.8, 4) is 51.5 Å². The first-order valence-corrected chi connectivity index (χ1v) is 37.6. The predicted molar refractivity (Wildman–Crippen MR) is 430 cm³/mol. The van der Waals surface area contributed by atoms with Crippen molar-refractivity contribution >= 4 is 60.6 Å². The Morgan fingerprint density at radius 3 is 1.64 bits per heavy atom. The van der Waals surface area contributed by atoms with Gasteiger partial charge < -0.3 is 34.5 Å². The van der Waals surface area contributed by atoms with E-state index in [1.165, 1.54) is 25.9 Å². The lowest BCUT2D eigenvalue weighted by Crippen LogP contribution is -2.32. The van der Waals surface area contributed by atoms with E-state index in [1.54, 1.807) is 54.6 Å². The summed E-state index contributed by atoms with van der Waals surface area (Å²) in [6, 6.07) is 77.5. The summed E-state index contributed by atoms with van der Waals surface area (Å²) in [4.78, 5) is 52.7. The van der Waals surface area contributed by atoms with E-state index in [0.717, 1.165) is 103 Å². The number of Topliss-reactive ketones (excluding diaryl/α,β-unsaturated/α-hetero) is 2. The van der Waals surface area contributed by atoms with Gasteiger partial charge in [0.25, 0.3) is 6.04 Å². The number of ether oxygens (including phenoxy) is 2. The molecule has 2 aliphatic rings. The Morgan fingerprint density at radius 2 is 1.13 bits per heavy atom. The minimum atomic E-state index is -3.26. The monoisotopic (exact) mass is 1430 g/mol. The normalized spacial score (nSPS) is 14.9. The van der Waals surface area contributed by atoms with E-state index in [2.05, 4.69) is 99.7 Å². The van der Waals surface area contributed by atoms with Crippen molar-refractivity contribution in [1.29, 1.82) is 0 Å². The number of para-hydroxylation sites is 7. The molecule has 2 aliphatic carbocycles. The second-order valence-corrected chi connectivity index (χ2v) is 28.0. The van der Waals surface area contributed by atoms with Crippen LogP contribution >= 0.6 is 0 Å². The molecule has 2 bridgehead atoms. The summed E-state index contributed by atoms with van der Waals surface area (Å²) in [6.07, 6.45) is 8.31. The molecule has 3 atom stereocenters. The fraction of sp³-hybridized carbons (Fsp3) is 0.233. The molecule has 13 aromatic rings. The van der Waals surface area contributed by atoms with Crippen LogP contribution in [0.2, 0.25) is 0 Å². The number of benzene rings is 10. The van der Waals surface area contributed by atoms with Crippen molar-refractivity contribution in [2.45, 2.75) is 112 Å². The van der Waals surface area contributed by atoms with Gasteiger partial charge in [-0.15, -0.1) is 0 Å². The molecule has 10 aromatic carbocycles. The summed E-state index contributed by atoms with van der Waals surface area (Å²) >= 11 is 0. The van der Waals surface area contributed by atoms with Crippen LogP contribution in [0.3, 0.4) is 0 Å². The number of fused-ring (bicyclic) bond motifs is 5. The number of phenolic OH excluding ortho intramolecular Hbond substituents is 2. The van der Waals surface area contributed by atoms with E-state index in [1.807, 2.05) is 211 Å². The van der Waals surface area contributed by atoms with Crippen LogP contribution in [0.15, 0.2) is 265 Å². The number of imidazole rings is 2. The molecule has 3 unspecified atom stereocenters. The van der Waals surface area contributed by atoms with Crippen molar-refractivity contribution in [2.24, 2.45) is 16.7 Å². The van der Waals surface area contributed by atoms with Crippen LogP contribution in [0.25, 0.3) is 66.8 Å². The number of sulfone groups is 1. The Bertz CT molecular complexity index is 5140. The molecule has 3 heterocycles. The number of rotatable bonds is 12. The van der Waals surface area contributed by atoms with Crippen LogP contribution in [0.1, 0.15) is 115 Å². The first kappa shape index (κ1) is 79.9. The number of nitrogens with one attached hydrogen (secondary N) is 2. The van der Waals surface area contributed by atoms with Crippen LogP contribution < -0.4 is 9.47 Å². The number of hydrogen-bond acceptors (Lipinski definition) is 12. The molecule has 3 aromatic heterocycles. The molecule has 16 heteroatoms. The molecule has 2 fully saturated rings. The summed E-state index contributed by atoms with van der Waals surface area (Å²) in [5.74, 6) is 4.09. The summed E-state index contributed by atoms with van der Waals surface area (Å²) in [5.41, 5.74) is 14.7. The van der Waals surface area contributed by atoms with Gasteiger partial charge in [0, 0.05) is 35.9 Å². The standard InChI is InChI=1S/C21H16N4O2S.C18H22O.C17H15NO.C13H12O2.C10H10N2.C7H8O2.2C2H6/c1-28(26,27)15-10-11-18-19(12-15)25-21(24-18)14-8-6-13(7-9-14)20-22-16-4-2-3-5-17(16)23-20;1-12-5-7-13(8-6-12)11-14-15-9-10-18(4,16(14)19)17(15,2)3;1-13(19)17(18-2)16(14-9-5-3-6-10-14)15-11-7-4-8-12-15;1-10-7-8-13(12(14)9-10)15-11-5-3-2-4-6-11;1-2-8-7-11-9-5-3-4-6-10(9)12-8;1-9-7-5-3-2-4-6(7)8;2*1-2/h2-12H,1H3,(H,22,23)(H,24,25);5-8,11,15H,9-10H2,1-4H3;3-12,16-17H,1H3;2-9,14H,1H3;3-7H,2H2,1H3;2-5,8H,1H3;2*1-2H3/b;14-11-;;;;;;. The molecule has 0 aliphatic heterocycles. The van der Waals surface area contributed by atoms with Gasteiger partial charge in [-0.25, -0.2) is 29.9 Å². The molecule has 15 nitrogen and oxygen atoms in total. The number of aromatic nitrogens is 6. The Balaban J connectivity index is 0.000000164. The van der Waals surface area contributed by atoms with Crippen LogP contribution in [-0.2, 0) is 25.8 Å². The molecule has 544 valence electrons. The molecule has 0 spiro atoms. The van der Waals surface area contributed by atoms with Gasteiger partial charge in [0.2, 0.25) is 5.78 Å². The van der Waals surface area contributed by atoms with Gasteiger partial charge >= 0.3 is 0 Å². The zero-order chi connectivity index (χ0) is 76.6. The predicted octanol–water partition coefficient (Wildman–Crippen LogP) is 21.4. The third-order valence-electron chi connectivity index (χ3n) is 18.7. The van der Waals surface area contributed by atoms with Crippen molar-refractivity contribution in [3.05, 3.63) is 305 Å². The van der Waals surface area contributed by atoms with Gasteiger partial charge in [-0.2, -0.15) is 0 Å². The maximum Gasteiger partial charge on any atom is 0.291 e. The minimum absolute atomic E-state index is 0.0901. The van der Waals surface area contributed by atoms with E-state index in [4.69, 9.17) is 21.2 Å². The highest BCUT2D eigenvalue weighted by Gasteiger charge is 2.63. The highest BCUT2D eigenvalue weighted by atomic mass is 32.2. The first-order valence-electron chi connectivity index (χ1n) is 35.7. The van der Waals surface area contributed by atoms with E-state index in [9.17, 15) is 23.1 Å². The van der Waals surface area contributed by atoms with Gasteiger partial charge in [-0.1, -0.05) is 231 Å². The third-order valence-corrected chi connectivity index (χ3v) is 19.8. The zero-order valence-corrected chi connectivity index (χ0v) is 63.5. The summed E-state index contributed by atoms with van der Waals surface area (Å²) in [5, 5.41) is 18.6. The first-order chi connectivity index (χ1) is 51.1. The SMILES string of the molecule is CC.CC.CCc1cnc2ccccc2n1.COc1ccccc1O.CS(=O)(=O)c1ccc2nc(-c3ccc(-c4nc5ccccc5[nH]4)cc3)[nH]c2c1.Cc1ccc(/C=C2\C(=O)C3(C)CCC2C3(C)C)cc1.Cc1ccc(Oc2ccccc2)c(O)c1.[C-]#[N+]C(C(C)=O)C(c1ccccc1)c1ccccc1. The van der Waals surface area contributed by atoms with E-state index in [-0.39, 0.29) is 38.9 Å². The quantitative estimate of drug-likeness (QED) is 0.0664. The number of aryl methyl sites for hydroxylation is 3. The lowest BCUT2D eigenvalue weighted by Gasteiger charge is -2.31. The Hall–Kier alpha value is -11.8. The molecule has 4 N–H and O–H groups in total. The van der Waals surface area contributed by atoms with Crippen LogP contribution in [0.5, 0.6) is 28.7 Å². The number of H-pyrrole nitrogens is 2. The maximum absolute atomic E-state index is 12.7. The van der Waals surface area contributed by atoms with Gasteiger partial charge in [0.1, 0.15) is 17.4 Å². The summed E-state index contributed by atoms with van der Waals surface area (Å²) < 4.78 is 33.8. The largest absolute Gasteiger partial charge is 0.504 e. The van der Waals surface area contributed by atoms with Crippen LogP contribution in [0.4, 0.5) is 0 Å². The maximum atomic E-state index is 12.7. The topological polar surface area (TPSA) is 215 Å². The average molecular weight is 1430 g/mol. The second-order valence-electron chi connectivity index (χ2n) is 25.9. The van der Waals surface area contributed by atoms with E-state index < -0.39 is 15.9 Å². The number of ketones is 2. The third kappa shape index (κ3) is 20.1. The number of methoxy groups -OCH3 is 1. The van der Waals surface area contributed by atoms with E-state index >= 15 is 0 Å². The molecule has 106 heavy (non-hydrogen) atoms. The Labute approximate surface area is 623 Å². The molecular weight excluding hydrogens is 1340 g/mol. The number of phenols is 2. The number of aromatic amines is 2. The van der Waals surface area contributed by atoms with Crippen LogP contribution in [-0.4, -0.2) is 79.5 Å². The average Bonchev–Trinajstić information content (AvgIpc) is 1.54. The highest BCUT2D eigenvalue weighted by Crippen LogP contribution is 2.65.